The molecule has 0 amide bonds. The van der Waals surface area contributed by atoms with Crippen molar-refractivity contribution in [2.75, 3.05) is 0 Å². The molecule has 0 heterocycles. The number of phenolic OH excluding ortho intramolecular Hbond substituents is 1. The first-order valence-corrected chi connectivity index (χ1v) is 7.49. The minimum absolute atomic E-state index is 0.186. The van der Waals surface area contributed by atoms with E-state index in [4.69, 9.17) is 34.8 Å². The van der Waals surface area contributed by atoms with Crippen LogP contribution in [0.2, 0.25) is 15.1 Å². The zero-order valence-electron chi connectivity index (χ0n) is 11.1. The van der Waals surface area contributed by atoms with Crippen molar-refractivity contribution in [1.29, 1.82) is 0 Å². The van der Waals surface area contributed by atoms with E-state index < -0.39 is 0 Å². The number of aromatic hydroxyl groups is 1. The maximum absolute atomic E-state index is 10.3. The fraction of sp³-hybridized carbons (Fsp3) is 0.0588. The fourth-order valence-corrected chi connectivity index (χ4v) is 3.14. The van der Waals surface area contributed by atoms with Crippen molar-refractivity contribution in [3.8, 4) is 16.9 Å². The lowest BCUT2D eigenvalue weighted by Crippen LogP contribution is -1.89. The molecule has 0 saturated heterocycles. The zero-order chi connectivity index (χ0) is 15.1. The molecule has 0 saturated carbocycles. The van der Waals surface area contributed by atoms with Gasteiger partial charge in [-0.05, 0) is 41.0 Å². The van der Waals surface area contributed by atoms with E-state index in [9.17, 15) is 5.11 Å². The standard InChI is InChI=1S/C17H11Cl3O/c1-9-12(8-13(18)17(20)16(9)19)15-11-5-3-2-4-10(11)6-7-14(15)21/h2-8,21H,1H3. The fourth-order valence-electron chi connectivity index (χ4n) is 2.49. The van der Waals surface area contributed by atoms with Gasteiger partial charge in [0.25, 0.3) is 0 Å². The molecule has 0 atom stereocenters. The van der Waals surface area contributed by atoms with Crippen LogP contribution in [0.4, 0.5) is 0 Å². The molecule has 0 aliphatic rings. The first-order chi connectivity index (χ1) is 10.0. The van der Waals surface area contributed by atoms with Crippen LogP contribution in [-0.2, 0) is 0 Å². The van der Waals surface area contributed by atoms with Gasteiger partial charge in [0, 0.05) is 5.56 Å². The highest BCUT2D eigenvalue weighted by Crippen LogP contribution is 2.44. The molecule has 21 heavy (non-hydrogen) atoms. The Kier molecular flexibility index (Phi) is 3.75. The number of phenols is 1. The number of hydrogen-bond acceptors (Lipinski definition) is 1. The van der Waals surface area contributed by atoms with E-state index in [1.54, 1.807) is 12.1 Å². The van der Waals surface area contributed by atoms with Gasteiger partial charge in [0.2, 0.25) is 0 Å². The second kappa shape index (κ2) is 5.42. The molecule has 1 nitrogen and oxygen atoms in total. The highest BCUT2D eigenvalue weighted by Gasteiger charge is 2.17. The summed E-state index contributed by atoms with van der Waals surface area (Å²) in [5.74, 6) is 0.186. The maximum Gasteiger partial charge on any atom is 0.124 e. The number of rotatable bonds is 1. The van der Waals surface area contributed by atoms with Crippen LogP contribution >= 0.6 is 34.8 Å². The van der Waals surface area contributed by atoms with Crippen LogP contribution in [0.25, 0.3) is 21.9 Å². The van der Waals surface area contributed by atoms with Crippen LogP contribution < -0.4 is 0 Å². The van der Waals surface area contributed by atoms with Crippen LogP contribution in [0.5, 0.6) is 5.75 Å². The number of fused-ring (bicyclic) bond motifs is 1. The second-order valence-electron chi connectivity index (χ2n) is 4.84. The van der Waals surface area contributed by atoms with Crippen LogP contribution in [-0.4, -0.2) is 5.11 Å². The molecule has 3 aromatic carbocycles. The summed E-state index contributed by atoms with van der Waals surface area (Å²) in [6.07, 6.45) is 0. The number of hydrogen-bond donors (Lipinski definition) is 1. The molecule has 0 unspecified atom stereocenters. The third-order valence-corrected chi connectivity index (χ3v) is 4.94. The predicted molar refractivity (Wildman–Crippen MR) is 90.8 cm³/mol. The predicted octanol–water partition coefficient (Wildman–Crippen LogP) is 6.48. The second-order valence-corrected chi connectivity index (χ2v) is 6.00. The summed E-state index contributed by atoms with van der Waals surface area (Å²) in [5.41, 5.74) is 2.28. The van der Waals surface area contributed by atoms with Crippen molar-refractivity contribution in [2.45, 2.75) is 6.92 Å². The molecule has 3 aromatic rings. The van der Waals surface area contributed by atoms with E-state index in [1.165, 1.54) is 0 Å². The normalized spacial score (nSPS) is 11.0. The molecule has 0 fully saturated rings. The molecule has 106 valence electrons. The Morgan fingerprint density at radius 1 is 0.905 bits per heavy atom. The molecule has 4 heteroatoms. The van der Waals surface area contributed by atoms with Gasteiger partial charge in [-0.15, -0.1) is 0 Å². The Morgan fingerprint density at radius 3 is 2.38 bits per heavy atom. The van der Waals surface area contributed by atoms with E-state index in [-0.39, 0.29) is 5.75 Å². The Balaban J connectivity index is 2.44. The highest BCUT2D eigenvalue weighted by molar-refractivity contribution is 6.48. The minimum atomic E-state index is 0.186. The zero-order valence-corrected chi connectivity index (χ0v) is 13.4. The van der Waals surface area contributed by atoms with Crippen LogP contribution in [0.3, 0.4) is 0 Å². The van der Waals surface area contributed by atoms with Crippen molar-refractivity contribution in [3.63, 3.8) is 0 Å². The van der Waals surface area contributed by atoms with Gasteiger partial charge in [-0.1, -0.05) is 65.1 Å². The van der Waals surface area contributed by atoms with E-state index in [0.29, 0.717) is 20.6 Å². The van der Waals surface area contributed by atoms with Gasteiger partial charge < -0.3 is 5.11 Å². The monoisotopic (exact) mass is 336 g/mol. The van der Waals surface area contributed by atoms with Crippen LogP contribution in [0.1, 0.15) is 5.56 Å². The number of halogens is 3. The molecule has 0 aliphatic heterocycles. The summed E-state index contributed by atoms with van der Waals surface area (Å²) >= 11 is 18.5. The lowest BCUT2D eigenvalue weighted by molar-refractivity contribution is 0.478. The van der Waals surface area contributed by atoms with E-state index in [1.807, 2.05) is 37.3 Å². The molecule has 0 spiro atoms. The van der Waals surface area contributed by atoms with Crippen molar-refractivity contribution in [3.05, 3.63) is 63.1 Å². The van der Waals surface area contributed by atoms with Crippen molar-refractivity contribution < 1.29 is 5.11 Å². The van der Waals surface area contributed by atoms with Crippen molar-refractivity contribution >= 4 is 45.6 Å². The molecule has 0 bridgehead atoms. The SMILES string of the molecule is Cc1c(-c2c(O)ccc3ccccc23)cc(Cl)c(Cl)c1Cl. The van der Waals surface area contributed by atoms with Gasteiger partial charge in [0.1, 0.15) is 5.75 Å². The molecular weight excluding hydrogens is 327 g/mol. The quantitative estimate of drug-likeness (QED) is 0.504. The lowest BCUT2D eigenvalue weighted by atomic mass is 9.94. The minimum Gasteiger partial charge on any atom is -0.507 e. The maximum atomic E-state index is 10.3. The molecule has 0 aliphatic carbocycles. The van der Waals surface area contributed by atoms with Gasteiger partial charge in [0.15, 0.2) is 0 Å². The van der Waals surface area contributed by atoms with Gasteiger partial charge in [0.05, 0.1) is 15.1 Å². The van der Waals surface area contributed by atoms with Gasteiger partial charge >= 0.3 is 0 Å². The van der Waals surface area contributed by atoms with E-state index in [2.05, 4.69) is 0 Å². The molecule has 3 rings (SSSR count). The third-order valence-electron chi connectivity index (χ3n) is 3.58. The smallest absolute Gasteiger partial charge is 0.124 e. The van der Waals surface area contributed by atoms with Crippen LogP contribution in [0.15, 0.2) is 42.5 Å². The molecule has 0 radical (unpaired) electrons. The Hall–Kier alpha value is -1.41. The topological polar surface area (TPSA) is 20.2 Å². The summed E-state index contributed by atoms with van der Waals surface area (Å²) in [6, 6.07) is 13.1. The Morgan fingerprint density at radius 2 is 1.62 bits per heavy atom. The van der Waals surface area contributed by atoms with E-state index >= 15 is 0 Å². The van der Waals surface area contributed by atoms with Gasteiger partial charge in [-0.25, -0.2) is 0 Å². The summed E-state index contributed by atoms with van der Waals surface area (Å²) < 4.78 is 0. The first-order valence-electron chi connectivity index (χ1n) is 6.36. The summed E-state index contributed by atoms with van der Waals surface area (Å²) in [4.78, 5) is 0. The van der Waals surface area contributed by atoms with E-state index in [0.717, 1.165) is 21.9 Å². The average Bonchev–Trinajstić information content (AvgIpc) is 2.49. The van der Waals surface area contributed by atoms with Gasteiger partial charge in [-0.3, -0.25) is 0 Å². The Bertz CT molecular complexity index is 856. The Labute approximate surface area is 137 Å². The molecular formula is C17H11Cl3O. The van der Waals surface area contributed by atoms with Crippen molar-refractivity contribution in [2.24, 2.45) is 0 Å². The first kappa shape index (κ1) is 14.5. The van der Waals surface area contributed by atoms with Crippen LogP contribution in [0, 0.1) is 6.92 Å². The molecule has 0 aromatic heterocycles. The third kappa shape index (κ3) is 2.36. The summed E-state index contributed by atoms with van der Waals surface area (Å²) in [6.45, 7) is 1.86. The largest absolute Gasteiger partial charge is 0.507 e. The summed E-state index contributed by atoms with van der Waals surface area (Å²) in [5, 5.41) is 13.4. The number of benzene rings is 3. The van der Waals surface area contributed by atoms with Crippen molar-refractivity contribution in [1.82, 2.24) is 0 Å². The average molecular weight is 338 g/mol. The highest BCUT2D eigenvalue weighted by atomic mass is 35.5. The summed E-state index contributed by atoms with van der Waals surface area (Å²) in [7, 11) is 0. The lowest BCUT2D eigenvalue weighted by Gasteiger charge is -2.14. The molecule has 1 N–H and O–H groups in total. The van der Waals surface area contributed by atoms with Gasteiger partial charge in [-0.2, -0.15) is 0 Å².